The molecule has 2 aliphatic heterocycles. The van der Waals surface area contributed by atoms with E-state index in [4.69, 9.17) is 14.2 Å². The minimum absolute atomic E-state index is 0.0419. The van der Waals surface area contributed by atoms with E-state index in [0.717, 1.165) is 0 Å². The Hall–Kier alpha value is -3.60. The van der Waals surface area contributed by atoms with Crippen LogP contribution in [0.25, 0.3) is 11.4 Å². The molecule has 0 aliphatic carbocycles. The molecule has 0 spiro atoms. The number of aliphatic hydroxyl groups is 1. The average molecular weight is 518 g/mol. The van der Waals surface area contributed by atoms with Crippen molar-refractivity contribution in [1.29, 1.82) is 0 Å². The van der Waals surface area contributed by atoms with Crippen LogP contribution in [0.1, 0.15) is 25.6 Å². The fourth-order valence-electron chi connectivity index (χ4n) is 4.01. The largest absolute Gasteiger partial charge is 0.506 e. The number of aliphatic imine (C=N–C) groups is 1. The monoisotopic (exact) mass is 517 g/mol. The number of aromatic nitrogens is 3. The van der Waals surface area contributed by atoms with Crippen LogP contribution in [-0.2, 0) is 19.5 Å². The van der Waals surface area contributed by atoms with E-state index in [2.05, 4.69) is 31.4 Å². The second-order valence-electron chi connectivity index (χ2n) is 8.22. The third-order valence-corrected chi connectivity index (χ3v) is 7.79. The van der Waals surface area contributed by atoms with Gasteiger partial charge in [-0.1, -0.05) is 11.8 Å². The van der Waals surface area contributed by atoms with Crippen LogP contribution in [0.15, 0.2) is 40.7 Å². The van der Waals surface area contributed by atoms with Gasteiger partial charge >= 0.3 is 0 Å². The maximum Gasteiger partial charge on any atom is 0.243 e. The summed E-state index contributed by atoms with van der Waals surface area (Å²) in [5.41, 5.74) is 5.76. The number of hydrogen-bond donors (Lipinski definition) is 3. The van der Waals surface area contributed by atoms with E-state index in [9.17, 15) is 18.6 Å². The number of aromatic hydroxyl groups is 1. The summed E-state index contributed by atoms with van der Waals surface area (Å²) in [5, 5.41) is 28.5. The number of para-hydroxylation sites is 1. The van der Waals surface area contributed by atoms with E-state index in [1.54, 1.807) is 12.1 Å². The van der Waals surface area contributed by atoms with Crippen molar-refractivity contribution in [2.24, 2.45) is 10.9 Å². The first-order chi connectivity index (χ1) is 17.3. The van der Waals surface area contributed by atoms with Gasteiger partial charge in [-0.25, -0.2) is 13.4 Å². The first-order valence-electron chi connectivity index (χ1n) is 11.2. The van der Waals surface area contributed by atoms with Crippen LogP contribution in [0.2, 0.25) is 0 Å². The molecule has 192 valence electrons. The molecule has 1 fully saturated rings. The van der Waals surface area contributed by atoms with Gasteiger partial charge in [0.15, 0.2) is 11.5 Å². The Kier molecular flexibility index (Phi) is 7.48. The van der Waals surface area contributed by atoms with Gasteiger partial charge in [0.25, 0.3) is 0 Å². The number of nitrogens with zero attached hydrogens (tertiary/aromatic N) is 4. The van der Waals surface area contributed by atoms with E-state index in [1.165, 1.54) is 37.9 Å². The van der Waals surface area contributed by atoms with Crippen LogP contribution in [-0.4, -0.2) is 78.1 Å². The van der Waals surface area contributed by atoms with Crippen molar-refractivity contribution in [2.75, 3.05) is 32.2 Å². The molecule has 2 aromatic rings. The predicted molar refractivity (Wildman–Crippen MR) is 131 cm³/mol. The first kappa shape index (κ1) is 25.5. The van der Waals surface area contributed by atoms with E-state index in [1.807, 2.05) is 0 Å². The lowest BCUT2D eigenvalue weighted by atomic mass is 9.92. The molecule has 0 unspecified atom stereocenters. The normalized spacial score (nSPS) is 17.8. The first-order valence-corrected chi connectivity index (χ1v) is 12.8. The van der Waals surface area contributed by atoms with Gasteiger partial charge in [0, 0.05) is 13.2 Å². The smallest absolute Gasteiger partial charge is 0.243 e. The number of sulfonamides is 1. The van der Waals surface area contributed by atoms with E-state index >= 15 is 0 Å². The van der Waals surface area contributed by atoms with Gasteiger partial charge in [-0.3, -0.25) is 9.29 Å². The SMILES string of the molecule is COC1=NC(c2nnc(NS(=O)(=O)[C@@H](C)[C@@H](O)C3CCOCC3)n2-c2c(O)cccc2OC)=C=C=C1. The minimum atomic E-state index is -4.16. The molecule has 1 aromatic carbocycles. The molecule has 4 rings (SSSR count). The Morgan fingerprint density at radius 2 is 1.97 bits per heavy atom. The number of methoxy groups -OCH3 is 2. The number of anilines is 1. The number of ether oxygens (including phenoxy) is 3. The van der Waals surface area contributed by atoms with Crippen LogP contribution in [0, 0.1) is 5.92 Å². The highest BCUT2D eigenvalue weighted by atomic mass is 32.2. The lowest BCUT2D eigenvalue weighted by Gasteiger charge is -2.30. The molecule has 13 heteroatoms. The molecule has 1 aromatic heterocycles. The van der Waals surface area contributed by atoms with Crippen LogP contribution >= 0.6 is 0 Å². The molecule has 2 atom stereocenters. The zero-order chi connectivity index (χ0) is 25.9. The lowest BCUT2D eigenvalue weighted by molar-refractivity contribution is 0.00820. The Balaban J connectivity index is 1.79. The second kappa shape index (κ2) is 10.6. The Morgan fingerprint density at radius 3 is 2.67 bits per heavy atom. The zero-order valence-corrected chi connectivity index (χ0v) is 20.8. The van der Waals surface area contributed by atoms with Crippen LogP contribution < -0.4 is 9.46 Å². The van der Waals surface area contributed by atoms with Crippen molar-refractivity contribution in [3.63, 3.8) is 0 Å². The van der Waals surface area contributed by atoms with Crippen LogP contribution in [0.3, 0.4) is 0 Å². The third-order valence-electron chi connectivity index (χ3n) is 6.07. The fourth-order valence-corrected chi connectivity index (χ4v) is 5.17. The van der Waals surface area contributed by atoms with Crippen LogP contribution in [0.4, 0.5) is 5.95 Å². The van der Waals surface area contributed by atoms with Crippen molar-refractivity contribution in [3.8, 4) is 17.2 Å². The number of phenolic OH excluding ortho intramolecular Hbond substituents is 1. The molecule has 0 radical (unpaired) electrons. The molecule has 12 nitrogen and oxygen atoms in total. The number of benzene rings is 1. The number of nitrogens with one attached hydrogen (secondary N) is 1. The number of rotatable bonds is 8. The maximum absolute atomic E-state index is 13.3. The third kappa shape index (κ3) is 5.01. The molecule has 3 heterocycles. The predicted octanol–water partition coefficient (Wildman–Crippen LogP) is 1.61. The van der Waals surface area contributed by atoms with Crippen LogP contribution in [0.5, 0.6) is 11.5 Å². The van der Waals surface area contributed by atoms with E-state index in [0.29, 0.717) is 26.1 Å². The second-order valence-corrected chi connectivity index (χ2v) is 10.3. The minimum Gasteiger partial charge on any atom is -0.506 e. The van der Waals surface area contributed by atoms with Crippen molar-refractivity contribution >= 4 is 27.6 Å². The number of aliphatic hydroxyl groups excluding tert-OH is 1. The van der Waals surface area contributed by atoms with Crippen molar-refractivity contribution in [3.05, 3.63) is 41.6 Å². The van der Waals surface area contributed by atoms with Gasteiger partial charge in [-0.15, -0.1) is 10.2 Å². The number of hydrogen-bond acceptors (Lipinski definition) is 10. The fraction of sp³-hybridized carbons (Fsp3) is 0.435. The molecular formula is C23H27N5O7S. The summed E-state index contributed by atoms with van der Waals surface area (Å²) in [7, 11) is -1.32. The molecule has 3 N–H and O–H groups in total. The molecular weight excluding hydrogens is 490 g/mol. The molecule has 0 amide bonds. The topological polar surface area (TPSA) is 157 Å². The summed E-state index contributed by atoms with van der Waals surface area (Å²) in [6.45, 7) is 2.36. The summed E-state index contributed by atoms with van der Waals surface area (Å²) >= 11 is 0. The Labute approximate surface area is 208 Å². The van der Waals surface area contributed by atoms with E-state index < -0.39 is 21.4 Å². The Bertz CT molecular complexity index is 1370. The molecule has 1 saturated heterocycles. The van der Waals surface area contributed by atoms with Gasteiger partial charge < -0.3 is 24.4 Å². The van der Waals surface area contributed by atoms with Gasteiger partial charge in [0.2, 0.25) is 21.9 Å². The summed E-state index contributed by atoms with van der Waals surface area (Å²) in [6.07, 6.45) is 1.47. The van der Waals surface area contributed by atoms with Crippen molar-refractivity contribution in [1.82, 2.24) is 14.8 Å². The quantitative estimate of drug-likeness (QED) is 0.442. The summed E-state index contributed by atoms with van der Waals surface area (Å²) in [5.74, 6) is -0.202. The van der Waals surface area contributed by atoms with Crippen molar-refractivity contribution < 1.29 is 32.8 Å². The molecule has 0 saturated carbocycles. The van der Waals surface area contributed by atoms with Gasteiger partial charge in [-0.2, -0.15) is 0 Å². The van der Waals surface area contributed by atoms with E-state index in [-0.39, 0.29) is 46.5 Å². The Morgan fingerprint density at radius 1 is 1.22 bits per heavy atom. The highest BCUT2D eigenvalue weighted by Gasteiger charge is 2.36. The molecule has 0 bridgehead atoms. The highest BCUT2D eigenvalue weighted by molar-refractivity contribution is 7.93. The summed E-state index contributed by atoms with van der Waals surface area (Å²) < 4.78 is 46.2. The lowest BCUT2D eigenvalue weighted by Crippen LogP contribution is -2.42. The summed E-state index contributed by atoms with van der Waals surface area (Å²) in [6, 6.07) is 4.57. The van der Waals surface area contributed by atoms with Gasteiger partial charge in [0.05, 0.1) is 26.4 Å². The average Bonchev–Trinajstić information content (AvgIpc) is 3.30. The molecule has 36 heavy (non-hydrogen) atoms. The van der Waals surface area contributed by atoms with Gasteiger partial charge in [0.1, 0.15) is 22.4 Å². The highest BCUT2D eigenvalue weighted by Crippen LogP contribution is 2.36. The maximum atomic E-state index is 13.3. The zero-order valence-electron chi connectivity index (χ0n) is 20.0. The summed E-state index contributed by atoms with van der Waals surface area (Å²) in [4.78, 5) is 4.28. The van der Waals surface area contributed by atoms with Crippen molar-refractivity contribution in [2.45, 2.75) is 31.1 Å². The molecule has 2 aliphatic rings. The number of phenols is 1. The standard InChI is InChI=1S/C23H27N5O7S/c1-14(21(30)15-10-12-35-13-11-15)36(31,32)27-23-26-25-22(16-6-4-9-19(24-16)34-3)28(23)20-17(29)7-5-8-18(20)33-2/h5,7-9,14-15,21,29-30H,10-13H2,1-3H3,(H,26,27)/t14-,21+/m0/s1. The van der Waals surface area contributed by atoms with Gasteiger partial charge in [-0.05, 0) is 43.5 Å².